The van der Waals surface area contributed by atoms with Crippen molar-refractivity contribution in [2.24, 2.45) is 0 Å². The molecule has 0 aliphatic rings. The monoisotopic (exact) mass is 566 g/mol. The van der Waals surface area contributed by atoms with E-state index in [-0.39, 0.29) is 34.6 Å². The zero-order valence-electron chi connectivity index (χ0n) is 23.6. The topological polar surface area (TPSA) is 105 Å². The summed E-state index contributed by atoms with van der Waals surface area (Å²) in [7, 11) is 0. The van der Waals surface area contributed by atoms with Gasteiger partial charge in [-0.3, -0.25) is 0 Å². The first kappa shape index (κ1) is 31.0. The SMILES string of the molecule is C=C(C)C(=O)Oc1ccc(OC(=O)/C(C)=C/CC(=C)C(=O)Oc2ccc(-c3ccc(OC(=O)C(=C)C)cc3)cc2)cc1. The van der Waals surface area contributed by atoms with Gasteiger partial charge in [0, 0.05) is 22.3 Å². The lowest BCUT2D eigenvalue weighted by Gasteiger charge is -2.09. The van der Waals surface area contributed by atoms with Gasteiger partial charge in [-0.1, -0.05) is 50.1 Å². The fourth-order valence-electron chi connectivity index (χ4n) is 3.20. The molecule has 0 aromatic heterocycles. The first-order valence-electron chi connectivity index (χ1n) is 12.8. The largest absolute Gasteiger partial charge is 0.423 e. The molecule has 0 unspecified atom stereocenters. The van der Waals surface area contributed by atoms with E-state index in [0.29, 0.717) is 17.1 Å². The van der Waals surface area contributed by atoms with Crippen molar-refractivity contribution in [3.8, 4) is 34.1 Å². The van der Waals surface area contributed by atoms with Crippen molar-refractivity contribution in [2.75, 3.05) is 0 Å². The van der Waals surface area contributed by atoms with E-state index in [1.807, 2.05) is 0 Å². The van der Waals surface area contributed by atoms with Gasteiger partial charge in [0.15, 0.2) is 0 Å². The molecule has 0 N–H and O–H groups in total. The fourth-order valence-corrected chi connectivity index (χ4v) is 3.20. The zero-order valence-corrected chi connectivity index (χ0v) is 23.6. The van der Waals surface area contributed by atoms with E-state index >= 15 is 0 Å². The van der Waals surface area contributed by atoms with Crippen molar-refractivity contribution in [2.45, 2.75) is 27.2 Å². The van der Waals surface area contributed by atoms with Gasteiger partial charge in [0.2, 0.25) is 0 Å². The van der Waals surface area contributed by atoms with E-state index < -0.39 is 23.9 Å². The summed E-state index contributed by atoms with van der Waals surface area (Å²) in [6.07, 6.45) is 1.60. The Morgan fingerprint density at radius 2 is 0.833 bits per heavy atom. The molecule has 0 saturated heterocycles. The minimum Gasteiger partial charge on any atom is -0.423 e. The van der Waals surface area contributed by atoms with Crippen molar-refractivity contribution < 1.29 is 38.1 Å². The van der Waals surface area contributed by atoms with E-state index in [9.17, 15) is 19.2 Å². The number of hydrogen-bond donors (Lipinski definition) is 0. The third-order valence-corrected chi connectivity index (χ3v) is 5.67. The molecule has 0 fully saturated rings. The Kier molecular flexibility index (Phi) is 10.5. The molecular weight excluding hydrogens is 536 g/mol. The molecule has 0 aliphatic carbocycles. The van der Waals surface area contributed by atoms with Gasteiger partial charge in [0.25, 0.3) is 0 Å². The molecular formula is C34H30O8. The molecule has 0 amide bonds. The van der Waals surface area contributed by atoms with Gasteiger partial charge >= 0.3 is 23.9 Å². The Bertz CT molecular complexity index is 1560. The zero-order chi connectivity index (χ0) is 30.8. The average Bonchev–Trinajstić information content (AvgIpc) is 2.97. The smallest absolute Gasteiger partial charge is 0.339 e. The van der Waals surface area contributed by atoms with Crippen LogP contribution in [0.5, 0.6) is 23.0 Å². The second-order valence-corrected chi connectivity index (χ2v) is 9.33. The van der Waals surface area contributed by atoms with Crippen molar-refractivity contribution in [1.82, 2.24) is 0 Å². The standard InChI is InChI=1S/C34H30O8/c1-21(2)31(35)39-27-13-9-25(10-14-27)26-11-15-28(16-12-26)41-33(37)23(5)7-8-24(6)34(38)42-30-19-17-29(18-20-30)40-32(36)22(3)4/h8-20H,1,3,5,7H2,2,4,6H3/b24-8+. The molecule has 8 heteroatoms. The highest BCUT2D eigenvalue weighted by atomic mass is 16.5. The molecule has 8 nitrogen and oxygen atoms in total. The third-order valence-electron chi connectivity index (χ3n) is 5.67. The van der Waals surface area contributed by atoms with Crippen molar-refractivity contribution in [3.05, 3.63) is 121 Å². The van der Waals surface area contributed by atoms with Gasteiger partial charge in [0.1, 0.15) is 23.0 Å². The Morgan fingerprint density at radius 1 is 0.524 bits per heavy atom. The number of esters is 4. The highest BCUT2D eigenvalue weighted by Gasteiger charge is 2.13. The van der Waals surface area contributed by atoms with Gasteiger partial charge < -0.3 is 18.9 Å². The molecule has 0 spiro atoms. The molecule has 214 valence electrons. The first-order valence-corrected chi connectivity index (χ1v) is 12.8. The highest BCUT2D eigenvalue weighted by molar-refractivity contribution is 5.92. The summed E-state index contributed by atoms with van der Waals surface area (Å²) in [5.41, 5.74) is 2.73. The van der Waals surface area contributed by atoms with E-state index in [0.717, 1.165) is 11.1 Å². The minimum atomic E-state index is -0.635. The number of benzene rings is 3. The minimum absolute atomic E-state index is 0.0793. The van der Waals surface area contributed by atoms with Gasteiger partial charge in [-0.15, -0.1) is 0 Å². The molecule has 3 rings (SSSR count). The van der Waals surface area contributed by atoms with Crippen molar-refractivity contribution in [3.63, 3.8) is 0 Å². The molecule has 0 atom stereocenters. The fraction of sp³-hybridized carbons (Fsp3) is 0.118. The summed E-state index contributed by atoms with van der Waals surface area (Å²) in [5.74, 6) is -1.01. The molecule has 3 aromatic carbocycles. The van der Waals surface area contributed by atoms with E-state index in [1.165, 1.54) is 37.3 Å². The predicted molar refractivity (Wildman–Crippen MR) is 158 cm³/mol. The summed E-state index contributed by atoms with van der Waals surface area (Å²) in [5, 5.41) is 0. The van der Waals surface area contributed by atoms with Crippen LogP contribution in [-0.4, -0.2) is 23.9 Å². The Labute approximate surface area is 244 Å². The van der Waals surface area contributed by atoms with Crippen molar-refractivity contribution in [1.29, 1.82) is 0 Å². The lowest BCUT2D eigenvalue weighted by atomic mass is 10.1. The molecule has 0 aliphatic heterocycles. The lowest BCUT2D eigenvalue weighted by molar-refractivity contribution is -0.131. The van der Waals surface area contributed by atoms with E-state index in [1.54, 1.807) is 62.4 Å². The van der Waals surface area contributed by atoms with Crippen molar-refractivity contribution >= 4 is 23.9 Å². The quantitative estimate of drug-likeness (QED) is 0.143. The molecule has 3 aromatic rings. The number of hydrogen-bond acceptors (Lipinski definition) is 8. The summed E-state index contributed by atoms with van der Waals surface area (Å²) in [6.45, 7) is 15.5. The molecule has 0 heterocycles. The summed E-state index contributed by atoms with van der Waals surface area (Å²) < 4.78 is 21.0. The summed E-state index contributed by atoms with van der Waals surface area (Å²) in [4.78, 5) is 48.2. The molecule has 0 radical (unpaired) electrons. The van der Waals surface area contributed by atoms with Crippen LogP contribution in [0.1, 0.15) is 27.2 Å². The number of carbonyl (C=O) groups is 4. The summed E-state index contributed by atoms with van der Waals surface area (Å²) >= 11 is 0. The Hall–Kier alpha value is -5.50. The van der Waals surface area contributed by atoms with Crippen LogP contribution in [0, 0.1) is 0 Å². The predicted octanol–water partition coefficient (Wildman–Crippen LogP) is 6.72. The van der Waals surface area contributed by atoms with Gasteiger partial charge in [-0.05, 0) is 86.8 Å². The van der Waals surface area contributed by atoms with Crippen LogP contribution in [0.3, 0.4) is 0 Å². The molecule has 0 saturated carbocycles. The Balaban J connectivity index is 1.50. The lowest BCUT2D eigenvalue weighted by Crippen LogP contribution is -2.12. The third kappa shape index (κ3) is 9.02. The number of ether oxygens (including phenoxy) is 4. The maximum atomic E-state index is 12.5. The molecule has 0 bridgehead atoms. The first-order chi connectivity index (χ1) is 19.9. The van der Waals surface area contributed by atoms with Gasteiger partial charge in [-0.25, -0.2) is 19.2 Å². The summed E-state index contributed by atoms with van der Waals surface area (Å²) in [6, 6.07) is 19.8. The van der Waals surface area contributed by atoms with Crippen LogP contribution in [0.25, 0.3) is 11.1 Å². The Morgan fingerprint density at radius 3 is 1.19 bits per heavy atom. The highest BCUT2D eigenvalue weighted by Crippen LogP contribution is 2.26. The molecule has 42 heavy (non-hydrogen) atoms. The van der Waals surface area contributed by atoms with E-state index in [2.05, 4.69) is 19.7 Å². The second kappa shape index (κ2) is 14.2. The van der Waals surface area contributed by atoms with Crippen LogP contribution in [0.2, 0.25) is 0 Å². The second-order valence-electron chi connectivity index (χ2n) is 9.33. The van der Waals surface area contributed by atoms with Crippen LogP contribution in [0.4, 0.5) is 0 Å². The number of carbonyl (C=O) groups excluding carboxylic acids is 4. The number of rotatable bonds is 11. The normalized spacial score (nSPS) is 10.7. The van der Waals surface area contributed by atoms with Crippen LogP contribution in [-0.2, 0) is 19.2 Å². The van der Waals surface area contributed by atoms with Crippen LogP contribution in [0.15, 0.2) is 121 Å². The van der Waals surface area contributed by atoms with E-state index in [4.69, 9.17) is 18.9 Å². The van der Waals surface area contributed by atoms with Gasteiger partial charge in [-0.2, -0.15) is 0 Å². The maximum absolute atomic E-state index is 12.5. The van der Waals surface area contributed by atoms with Crippen LogP contribution >= 0.6 is 0 Å². The van der Waals surface area contributed by atoms with Gasteiger partial charge in [0.05, 0.1) is 0 Å². The maximum Gasteiger partial charge on any atom is 0.339 e. The number of allylic oxidation sites excluding steroid dienone is 1. The van der Waals surface area contributed by atoms with Crippen LogP contribution < -0.4 is 18.9 Å². The average molecular weight is 567 g/mol.